The number of carbonyl (C=O) groups is 6. The molecule has 0 unspecified atom stereocenters. The first kappa shape index (κ1) is 33.7. The topological polar surface area (TPSA) is 180 Å². The van der Waals surface area contributed by atoms with Crippen LogP contribution in [0.25, 0.3) is 0 Å². The molecule has 4 N–H and O–H groups in total. The summed E-state index contributed by atoms with van der Waals surface area (Å²) in [6.07, 6.45) is 9.14. The van der Waals surface area contributed by atoms with Crippen molar-refractivity contribution in [2.75, 3.05) is 6.54 Å². The Labute approximate surface area is 263 Å². The first-order valence-corrected chi connectivity index (χ1v) is 15.9. The number of aromatic nitrogens is 2. The maximum atomic E-state index is 14.1. The van der Waals surface area contributed by atoms with Crippen LogP contribution in [0.5, 0.6) is 0 Å². The molecule has 0 aromatic carbocycles. The standard InChI is InChI=1S/C32H45N7O6/c1-6-8-22(27(40)31(44)35-20-11-12-20)36-30(43)26-21-10-7-9-19(21)16-39(26)32(45)25(18(4)5)38-29(42)24(17(2)3)37-28(41)23-15-33-13-14-34-23/h13-15,17,19-22,24-26H,4,6-12,16H2,1-3,5H3,(H,35,44)(H,36,43)(H,37,41)(H,38,42)/t19-,21-,22-,24-,25-,26-/m0/s1. The summed E-state index contributed by atoms with van der Waals surface area (Å²) in [7, 11) is 0. The van der Waals surface area contributed by atoms with Gasteiger partial charge in [-0.3, -0.25) is 33.8 Å². The van der Waals surface area contributed by atoms with Crippen LogP contribution in [0.1, 0.15) is 83.1 Å². The number of carbonyl (C=O) groups excluding carboxylic acids is 6. The highest BCUT2D eigenvalue weighted by atomic mass is 16.2. The van der Waals surface area contributed by atoms with Crippen molar-refractivity contribution < 1.29 is 28.8 Å². The van der Waals surface area contributed by atoms with E-state index >= 15 is 0 Å². The lowest BCUT2D eigenvalue weighted by atomic mass is 9.92. The molecule has 0 bridgehead atoms. The van der Waals surface area contributed by atoms with Gasteiger partial charge in [0.1, 0.15) is 23.8 Å². The van der Waals surface area contributed by atoms with Crippen LogP contribution in [0.15, 0.2) is 30.7 Å². The molecule has 2 heterocycles. The van der Waals surface area contributed by atoms with Crippen LogP contribution >= 0.6 is 0 Å². The fourth-order valence-corrected chi connectivity index (χ4v) is 6.29. The Balaban J connectivity index is 1.50. The summed E-state index contributed by atoms with van der Waals surface area (Å²) in [6, 6.07) is -4.00. The Morgan fingerprint density at radius 3 is 2.36 bits per heavy atom. The number of nitrogens with zero attached hydrogens (tertiary/aromatic N) is 3. The van der Waals surface area contributed by atoms with Crippen molar-refractivity contribution in [1.29, 1.82) is 0 Å². The summed E-state index contributed by atoms with van der Waals surface area (Å²) in [5, 5.41) is 10.9. The number of rotatable bonds is 14. The molecule has 2 saturated carbocycles. The highest BCUT2D eigenvalue weighted by Gasteiger charge is 2.51. The number of fused-ring (bicyclic) bond motifs is 1. The molecular formula is C32H45N7O6. The Morgan fingerprint density at radius 2 is 1.76 bits per heavy atom. The van der Waals surface area contributed by atoms with Crippen molar-refractivity contribution in [2.24, 2.45) is 17.8 Å². The van der Waals surface area contributed by atoms with Gasteiger partial charge in [0.15, 0.2) is 0 Å². The average molecular weight is 624 g/mol. The van der Waals surface area contributed by atoms with Crippen LogP contribution in [0.2, 0.25) is 0 Å². The summed E-state index contributed by atoms with van der Waals surface area (Å²) < 4.78 is 0. The van der Waals surface area contributed by atoms with Gasteiger partial charge >= 0.3 is 0 Å². The van der Waals surface area contributed by atoms with Crippen LogP contribution < -0.4 is 21.3 Å². The van der Waals surface area contributed by atoms with Crippen LogP contribution in [-0.2, 0) is 24.0 Å². The normalized spacial score (nSPS) is 22.5. The fourth-order valence-electron chi connectivity index (χ4n) is 6.29. The summed E-state index contributed by atoms with van der Waals surface area (Å²) in [4.78, 5) is 89.1. The van der Waals surface area contributed by atoms with Gasteiger partial charge in [-0.1, -0.05) is 40.2 Å². The molecule has 1 aromatic heterocycles. The third kappa shape index (κ3) is 8.12. The number of amides is 5. The van der Waals surface area contributed by atoms with Gasteiger partial charge in [0.2, 0.25) is 23.5 Å². The van der Waals surface area contributed by atoms with Crippen molar-refractivity contribution >= 4 is 35.3 Å². The summed E-state index contributed by atoms with van der Waals surface area (Å²) in [5.41, 5.74) is 0.411. The predicted molar refractivity (Wildman–Crippen MR) is 164 cm³/mol. The van der Waals surface area contributed by atoms with E-state index in [1.165, 1.54) is 23.5 Å². The SMILES string of the molecule is C=C(C)[C@H](NC(=O)[C@@H](NC(=O)c1cnccn1)C(C)C)C(=O)N1C[C@@H]2CCC[C@@H]2[C@H]1C(=O)N[C@@H](CCC)C(=O)C(=O)NC1CC1. The number of Topliss-reactive ketones (excluding diaryl/α,β-unsaturated/α-hetero) is 1. The van der Waals surface area contributed by atoms with Crippen molar-refractivity contribution in [3.05, 3.63) is 36.4 Å². The molecule has 1 aliphatic heterocycles. The third-order valence-electron chi connectivity index (χ3n) is 8.85. The van der Waals surface area contributed by atoms with Gasteiger partial charge in [-0.05, 0) is 62.4 Å². The van der Waals surface area contributed by atoms with Gasteiger partial charge in [0, 0.05) is 25.0 Å². The van der Waals surface area contributed by atoms with E-state index in [0.29, 0.717) is 25.0 Å². The predicted octanol–water partition coefficient (Wildman–Crippen LogP) is 1.05. The summed E-state index contributed by atoms with van der Waals surface area (Å²) in [6.45, 7) is 11.3. The van der Waals surface area contributed by atoms with Gasteiger partial charge in [-0.15, -0.1) is 0 Å². The smallest absolute Gasteiger partial charge is 0.289 e. The molecule has 6 atom stereocenters. The van der Waals surface area contributed by atoms with Gasteiger partial charge in [-0.25, -0.2) is 4.98 Å². The first-order valence-electron chi connectivity index (χ1n) is 15.9. The third-order valence-corrected chi connectivity index (χ3v) is 8.85. The largest absolute Gasteiger partial charge is 0.347 e. The van der Waals surface area contributed by atoms with Gasteiger partial charge in [-0.2, -0.15) is 0 Å². The maximum Gasteiger partial charge on any atom is 0.289 e. The van der Waals surface area contributed by atoms with Gasteiger partial charge in [0.25, 0.3) is 11.8 Å². The lowest BCUT2D eigenvalue weighted by Gasteiger charge is -2.32. The first-order chi connectivity index (χ1) is 21.4. The van der Waals surface area contributed by atoms with E-state index in [4.69, 9.17) is 0 Å². The molecule has 3 aliphatic rings. The van der Waals surface area contributed by atoms with E-state index in [-0.39, 0.29) is 29.5 Å². The lowest BCUT2D eigenvalue weighted by Crippen LogP contribution is -2.59. The molecule has 2 aliphatic carbocycles. The number of likely N-dealkylation sites (tertiary alicyclic amines) is 1. The highest BCUT2D eigenvalue weighted by Crippen LogP contribution is 2.42. The van der Waals surface area contributed by atoms with Crippen molar-refractivity contribution in [2.45, 2.75) is 103 Å². The molecule has 3 fully saturated rings. The molecule has 45 heavy (non-hydrogen) atoms. The van der Waals surface area contributed by atoms with Gasteiger partial charge < -0.3 is 26.2 Å². The minimum atomic E-state index is -1.15. The second kappa shape index (κ2) is 14.7. The zero-order chi connectivity index (χ0) is 32.8. The average Bonchev–Trinajstić information content (AvgIpc) is 3.57. The number of nitrogens with one attached hydrogen (secondary N) is 4. The molecule has 4 rings (SSSR count). The van der Waals surface area contributed by atoms with E-state index in [1.807, 2.05) is 6.92 Å². The van der Waals surface area contributed by atoms with Crippen LogP contribution in [0.3, 0.4) is 0 Å². The maximum absolute atomic E-state index is 14.1. The highest BCUT2D eigenvalue weighted by molar-refractivity contribution is 6.38. The van der Waals surface area contributed by atoms with E-state index in [2.05, 4.69) is 37.8 Å². The minimum Gasteiger partial charge on any atom is -0.347 e. The Bertz CT molecular complexity index is 1310. The van der Waals surface area contributed by atoms with Crippen molar-refractivity contribution in [3.8, 4) is 0 Å². The van der Waals surface area contributed by atoms with E-state index < -0.39 is 59.5 Å². The van der Waals surface area contributed by atoms with Crippen molar-refractivity contribution in [1.82, 2.24) is 36.1 Å². The second-order valence-corrected chi connectivity index (χ2v) is 12.8. The Kier molecular flexibility index (Phi) is 11.1. The number of hydrogen-bond donors (Lipinski definition) is 4. The second-order valence-electron chi connectivity index (χ2n) is 12.8. The van der Waals surface area contributed by atoms with E-state index in [9.17, 15) is 28.8 Å². The molecule has 244 valence electrons. The molecular weight excluding hydrogens is 578 g/mol. The van der Waals surface area contributed by atoms with E-state index in [0.717, 1.165) is 32.1 Å². The van der Waals surface area contributed by atoms with Crippen LogP contribution in [0, 0.1) is 17.8 Å². The summed E-state index contributed by atoms with van der Waals surface area (Å²) >= 11 is 0. The molecule has 13 nitrogen and oxygen atoms in total. The minimum absolute atomic E-state index is 0.00605. The molecule has 0 radical (unpaired) electrons. The van der Waals surface area contributed by atoms with Crippen LogP contribution in [0.4, 0.5) is 0 Å². The summed E-state index contributed by atoms with van der Waals surface area (Å²) in [5.74, 6) is -3.87. The monoisotopic (exact) mass is 623 g/mol. The molecule has 1 saturated heterocycles. The van der Waals surface area contributed by atoms with Crippen LogP contribution in [-0.4, -0.2) is 86.9 Å². The molecule has 0 spiro atoms. The zero-order valence-corrected chi connectivity index (χ0v) is 26.5. The van der Waals surface area contributed by atoms with E-state index in [1.54, 1.807) is 20.8 Å². The Morgan fingerprint density at radius 1 is 1.02 bits per heavy atom. The Hall–Kier alpha value is -4.16. The van der Waals surface area contributed by atoms with Gasteiger partial charge in [0.05, 0.1) is 12.2 Å². The van der Waals surface area contributed by atoms with Crippen molar-refractivity contribution in [3.63, 3.8) is 0 Å². The molecule has 5 amide bonds. The molecule has 1 aromatic rings. The fraction of sp³-hybridized carbons (Fsp3) is 0.625. The number of hydrogen-bond acceptors (Lipinski definition) is 8. The molecule has 13 heteroatoms. The lowest BCUT2D eigenvalue weighted by molar-refractivity contribution is -0.144. The number of ketones is 1. The zero-order valence-electron chi connectivity index (χ0n) is 26.5. The quantitative estimate of drug-likeness (QED) is 0.175.